The van der Waals surface area contributed by atoms with E-state index in [-0.39, 0.29) is 19.4 Å². The number of fused-ring (bicyclic) bond motifs is 1. The molecule has 6 atom stereocenters. The summed E-state index contributed by atoms with van der Waals surface area (Å²) < 4.78 is 33.0. The van der Waals surface area contributed by atoms with Crippen molar-refractivity contribution in [3.63, 3.8) is 0 Å². The van der Waals surface area contributed by atoms with Crippen LogP contribution in [0.25, 0.3) is 0 Å². The highest BCUT2D eigenvalue weighted by atomic mass is 16.7. The van der Waals surface area contributed by atoms with Crippen LogP contribution >= 0.6 is 0 Å². The van der Waals surface area contributed by atoms with Gasteiger partial charge < -0.3 is 28.4 Å². The van der Waals surface area contributed by atoms with E-state index in [2.05, 4.69) is 0 Å². The van der Waals surface area contributed by atoms with Crippen molar-refractivity contribution in [2.24, 2.45) is 11.8 Å². The Kier molecular flexibility index (Phi) is 5.65. The minimum absolute atomic E-state index is 0.115. The van der Waals surface area contributed by atoms with Gasteiger partial charge in [-0.2, -0.15) is 0 Å². The summed E-state index contributed by atoms with van der Waals surface area (Å²) in [6, 6.07) is 0. The van der Waals surface area contributed by atoms with E-state index in [1.807, 2.05) is 4.90 Å². The van der Waals surface area contributed by atoms with Crippen LogP contribution in [0, 0.1) is 11.8 Å². The van der Waals surface area contributed by atoms with Crippen LogP contribution in [0.4, 0.5) is 0 Å². The van der Waals surface area contributed by atoms with Crippen LogP contribution in [0.2, 0.25) is 0 Å². The molecule has 0 aromatic carbocycles. The number of hydrogen-bond acceptors (Lipinski definition) is 10. The van der Waals surface area contributed by atoms with Crippen LogP contribution in [0.1, 0.15) is 25.7 Å². The molecule has 5 rings (SSSR count). The van der Waals surface area contributed by atoms with Gasteiger partial charge in [0.2, 0.25) is 0 Å². The number of hydrogen-bond donors (Lipinski definition) is 0. The first kappa shape index (κ1) is 20.2. The molecule has 5 aliphatic rings. The highest BCUT2D eigenvalue weighted by Gasteiger charge is 2.72. The van der Waals surface area contributed by atoms with Crippen LogP contribution in [0.5, 0.6) is 0 Å². The van der Waals surface area contributed by atoms with Crippen molar-refractivity contribution in [2.45, 2.75) is 56.2 Å². The fraction of sp³-hybridized carbons (Fsp3) is 0.850. The largest absolute Gasteiger partial charge is 0.455 e. The highest BCUT2D eigenvalue weighted by Crippen LogP contribution is 2.51. The van der Waals surface area contributed by atoms with Gasteiger partial charge in [-0.25, -0.2) is 0 Å². The fourth-order valence-electron chi connectivity index (χ4n) is 5.21. The number of rotatable bonds is 7. The van der Waals surface area contributed by atoms with Gasteiger partial charge in [0, 0.05) is 13.1 Å². The highest BCUT2D eigenvalue weighted by molar-refractivity contribution is 5.87. The minimum atomic E-state index is -0.852. The summed E-state index contributed by atoms with van der Waals surface area (Å²) >= 11 is 0. The standard InChI is InChI=1S/C20H27NO9/c22-12(9-21-5-7-25-8-6-21)28-17-15-13(14-16(29-15)18(17)30-20(14)24)19(23)27-10-26-11-3-1-2-4-11/h11,13-18H,1-10H2. The second-order valence-electron chi connectivity index (χ2n) is 8.52. The van der Waals surface area contributed by atoms with Crippen molar-refractivity contribution in [1.29, 1.82) is 0 Å². The average Bonchev–Trinajstić information content (AvgIpc) is 3.48. The van der Waals surface area contributed by atoms with Crippen molar-refractivity contribution in [3.8, 4) is 0 Å². The van der Waals surface area contributed by atoms with Gasteiger partial charge in [-0.05, 0) is 12.8 Å². The van der Waals surface area contributed by atoms with E-state index in [4.69, 9.17) is 28.4 Å². The molecule has 6 unspecified atom stereocenters. The van der Waals surface area contributed by atoms with Gasteiger partial charge in [0.05, 0.1) is 25.9 Å². The summed E-state index contributed by atoms with van der Waals surface area (Å²) in [6.07, 6.45) is 1.47. The molecule has 4 aliphatic heterocycles. The van der Waals surface area contributed by atoms with Gasteiger partial charge in [0.1, 0.15) is 24.0 Å². The van der Waals surface area contributed by atoms with Crippen LogP contribution in [0.3, 0.4) is 0 Å². The van der Waals surface area contributed by atoms with Crippen LogP contribution in [0.15, 0.2) is 0 Å². The molecule has 10 heteroatoms. The van der Waals surface area contributed by atoms with Gasteiger partial charge in [-0.1, -0.05) is 12.8 Å². The molecule has 1 saturated carbocycles. The fourth-order valence-corrected chi connectivity index (χ4v) is 5.21. The van der Waals surface area contributed by atoms with Gasteiger partial charge in [0.25, 0.3) is 0 Å². The van der Waals surface area contributed by atoms with Crippen molar-refractivity contribution in [3.05, 3.63) is 0 Å². The molecule has 0 N–H and O–H groups in total. The Morgan fingerprint density at radius 2 is 1.83 bits per heavy atom. The molecule has 2 bridgehead atoms. The molecule has 10 nitrogen and oxygen atoms in total. The molecule has 0 spiro atoms. The smallest absolute Gasteiger partial charge is 0.320 e. The maximum absolute atomic E-state index is 12.7. The monoisotopic (exact) mass is 425 g/mol. The van der Waals surface area contributed by atoms with E-state index in [1.54, 1.807) is 0 Å². The molecule has 0 radical (unpaired) electrons. The number of carbonyl (C=O) groups is 3. The van der Waals surface area contributed by atoms with Gasteiger partial charge in [0.15, 0.2) is 19.0 Å². The molecule has 0 aromatic rings. The molecule has 5 fully saturated rings. The second kappa shape index (κ2) is 8.41. The van der Waals surface area contributed by atoms with Crippen LogP contribution in [-0.4, -0.2) is 93.0 Å². The average molecular weight is 425 g/mol. The molecule has 4 heterocycles. The zero-order valence-electron chi connectivity index (χ0n) is 16.7. The summed E-state index contributed by atoms with van der Waals surface area (Å²) in [6.45, 7) is 2.42. The second-order valence-corrected chi connectivity index (χ2v) is 8.52. The third-order valence-electron chi connectivity index (χ3n) is 6.71. The maximum atomic E-state index is 12.7. The van der Waals surface area contributed by atoms with Gasteiger partial charge in [-0.15, -0.1) is 0 Å². The van der Waals surface area contributed by atoms with E-state index < -0.39 is 54.2 Å². The summed E-state index contributed by atoms with van der Waals surface area (Å²) in [7, 11) is 0. The van der Waals surface area contributed by atoms with E-state index in [1.165, 1.54) is 0 Å². The molecule has 0 aromatic heterocycles. The van der Waals surface area contributed by atoms with Crippen molar-refractivity contribution in [1.82, 2.24) is 4.90 Å². The topological polar surface area (TPSA) is 110 Å². The molecule has 1 aliphatic carbocycles. The first-order chi connectivity index (χ1) is 14.6. The Labute approximate surface area is 174 Å². The van der Waals surface area contributed by atoms with Gasteiger partial charge in [-0.3, -0.25) is 19.3 Å². The summed E-state index contributed by atoms with van der Waals surface area (Å²) in [5.41, 5.74) is 0. The zero-order valence-corrected chi connectivity index (χ0v) is 16.7. The molecule has 4 saturated heterocycles. The normalized spacial score (nSPS) is 38.1. The lowest BCUT2D eigenvalue weighted by Gasteiger charge is -2.29. The molecular weight excluding hydrogens is 398 g/mol. The summed E-state index contributed by atoms with van der Waals surface area (Å²) in [5, 5.41) is 0. The predicted molar refractivity (Wildman–Crippen MR) is 97.0 cm³/mol. The minimum Gasteiger partial charge on any atom is -0.455 e. The maximum Gasteiger partial charge on any atom is 0.320 e. The Morgan fingerprint density at radius 1 is 1.07 bits per heavy atom. The zero-order chi connectivity index (χ0) is 20.7. The number of esters is 3. The third kappa shape index (κ3) is 3.70. The Balaban J connectivity index is 1.19. The summed E-state index contributed by atoms with van der Waals surface area (Å²) in [5.74, 6) is -3.08. The number of morpholine rings is 1. The van der Waals surface area contributed by atoms with E-state index in [0.717, 1.165) is 25.7 Å². The van der Waals surface area contributed by atoms with Crippen LogP contribution in [-0.2, 0) is 42.8 Å². The lowest BCUT2D eigenvalue weighted by Crippen LogP contribution is -2.49. The van der Waals surface area contributed by atoms with Crippen molar-refractivity contribution < 1.29 is 42.8 Å². The van der Waals surface area contributed by atoms with E-state index >= 15 is 0 Å². The lowest BCUT2D eigenvalue weighted by atomic mass is 9.78. The number of carbonyl (C=O) groups excluding carboxylic acids is 3. The molecule has 0 amide bonds. The van der Waals surface area contributed by atoms with Crippen molar-refractivity contribution in [2.75, 3.05) is 39.6 Å². The molecular formula is C20H27NO9. The number of ether oxygens (including phenoxy) is 6. The van der Waals surface area contributed by atoms with Crippen molar-refractivity contribution >= 4 is 17.9 Å². The summed E-state index contributed by atoms with van der Waals surface area (Å²) in [4.78, 5) is 39.5. The van der Waals surface area contributed by atoms with E-state index in [0.29, 0.717) is 26.3 Å². The Bertz CT molecular complexity index is 688. The van der Waals surface area contributed by atoms with Crippen LogP contribution < -0.4 is 0 Å². The Morgan fingerprint density at radius 3 is 2.60 bits per heavy atom. The Hall–Kier alpha value is -1.75. The number of nitrogens with zero attached hydrogens (tertiary/aromatic N) is 1. The van der Waals surface area contributed by atoms with E-state index in [9.17, 15) is 14.4 Å². The first-order valence-electron chi connectivity index (χ1n) is 10.8. The molecule has 30 heavy (non-hydrogen) atoms. The van der Waals surface area contributed by atoms with Gasteiger partial charge >= 0.3 is 17.9 Å². The third-order valence-corrected chi connectivity index (χ3v) is 6.71. The lowest BCUT2D eigenvalue weighted by molar-refractivity contribution is -0.174. The quantitative estimate of drug-likeness (QED) is 0.304. The first-order valence-corrected chi connectivity index (χ1v) is 10.8. The SMILES string of the molecule is O=C(CN1CCOCC1)OC1C2OC(=O)C3C2OC1C3C(=O)OCOC1CCCC1. The molecule has 166 valence electrons. The predicted octanol–water partition coefficient (Wildman–Crippen LogP) is -0.371.